The largest absolute Gasteiger partial charge is 0.480 e. The van der Waals surface area contributed by atoms with Gasteiger partial charge in [-0.25, -0.2) is 9.59 Å². The van der Waals surface area contributed by atoms with Gasteiger partial charge in [-0.15, -0.1) is 0 Å². The third kappa shape index (κ3) is 10.6. The number of carbonyl (C=O) groups is 2. The molecular formula is C22H30BN2O5. The Morgan fingerprint density at radius 3 is 2.10 bits per heavy atom. The lowest BCUT2D eigenvalue weighted by molar-refractivity contribution is -0.139. The van der Waals surface area contributed by atoms with E-state index in [2.05, 4.69) is 4.99 Å². The van der Waals surface area contributed by atoms with E-state index in [9.17, 15) is 14.4 Å². The molecule has 0 amide bonds. The lowest BCUT2D eigenvalue weighted by Gasteiger charge is -2.08. The maximum atomic E-state index is 11.0. The van der Waals surface area contributed by atoms with E-state index in [0.717, 1.165) is 16.3 Å². The van der Waals surface area contributed by atoms with Crippen LogP contribution in [0.25, 0.3) is 10.8 Å². The Labute approximate surface area is 178 Å². The molecule has 30 heavy (non-hydrogen) atoms. The Hall–Kier alpha value is -2.96. The number of carbonyl (C=O) groups excluding carboxylic acids is 1. The Morgan fingerprint density at radius 2 is 1.63 bits per heavy atom. The summed E-state index contributed by atoms with van der Waals surface area (Å²) in [7, 11) is 2.00. The number of carboxylic acid groups (broad SMARTS) is 2. The number of rotatable bonds is 7. The molecule has 2 atom stereocenters. The van der Waals surface area contributed by atoms with Crippen LogP contribution in [0, 0.1) is 5.92 Å². The molecule has 2 rings (SSSR count). The maximum absolute atomic E-state index is 11.0. The van der Waals surface area contributed by atoms with Gasteiger partial charge in [0.25, 0.3) is 0 Å². The summed E-state index contributed by atoms with van der Waals surface area (Å²) in [5, 5.41) is 19.3. The first kappa shape index (κ1) is 27.0. The van der Waals surface area contributed by atoms with Gasteiger partial charge in [0.05, 0.1) is 0 Å². The Bertz CT molecular complexity index is 843. The van der Waals surface area contributed by atoms with Gasteiger partial charge in [-0.3, -0.25) is 4.79 Å². The second-order valence-corrected chi connectivity index (χ2v) is 7.07. The van der Waals surface area contributed by atoms with E-state index >= 15 is 0 Å². The van der Waals surface area contributed by atoms with Crippen LogP contribution >= 0.6 is 0 Å². The first-order valence-corrected chi connectivity index (χ1v) is 9.66. The Balaban J connectivity index is 0.000000591. The highest BCUT2D eigenvalue weighted by Crippen LogP contribution is 2.20. The Morgan fingerprint density at radius 1 is 1.07 bits per heavy atom. The molecule has 2 aromatic carbocycles. The number of fused-ring (bicyclic) bond motifs is 1. The van der Waals surface area contributed by atoms with Crippen LogP contribution in [0.2, 0.25) is 13.6 Å². The fourth-order valence-electron chi connectivity index (χ4n) is 2.54. The molecule has 8 heteroatoms. The van der Waals surface area contributed by atoms with Crippen LogP contribution in [0.1, 0.15) is 25.8 Å². The predicted molar refractivity (Wildman–Crippen MR) is 120 cm³/mol. The molecule has 161 valence electrons. The van der Waals surface area contributed by atoms with Crippen LogP contribution in [0.15, 0.2) is 47.5 Å². The van der Waals surface area contributed by atoms with Gasteiger partial charge in [0, 0.05) is 6.42 Å². The van der Waals surface area contributed by atoms with Crippen molar-refractivity contribution in [2.45, 2.75) is 52.4 Å². The average molecular weight is 413 g/mol. The predicted octanol–water partition coefficient (Wildman–Crippen LogP) is 3.40. The molecule has 0 aliphatic rings. The van der Waals surface area contributed by atoms with Crippen LogP contribution in [0.4, 0.5) is 0 Å². The van der Waals surface area contributed by atoms with Gasteiger partial charge in [-0.2, -0.15) is 4.99 Å². The van der Waals surface area contributed by atoms with Crippen molar-refractivity contribution in [1.29, 1.82) is 0 Å². The summed E-state index contributed by atoms with van der Waals surface area (Å²) in [4.78, 5) is 34.6. The molecular weight excluding hydrogens is 383 g/mol. The molecule has 2 aromatic rings. The van der Waals surface area contributed by atoms with Crippen molar-refractivity contribution >= 4 is 36.1 Å². The van der Waals surface area contributed by atoms with Gasteiger partial charge < -0.3 is 15.9 Å². The number of nitrogens with two attached hydrogens (primary N) is 1. The molecule has 1 radical (unpaired) electrons. The second kappa shape index (κ2) is 15.0. The summed E-state index contributed by atoms with van der Waals surface area (Å²) in [6, 6.07) is 11.6. The molecule has 0 aromatic heterocycles. The van der Waals surface area contributed by atoms with Crippen molar-refractivity contribution in [3.63, 3.8) is 0 Å². The zero-order chi connectivity index (χ0) is 23.1. The fraction of sp³-hybridized carbons (Fsp3) is 0.409. The van der Waals surface area contributed by atoms with Gasteiger partial charge in [-0.1, -0.05) is 70.0 Å². The molecule has 0 fully saturated rings. The molecule has 0 aliphatic carbocycles. The summed E-state index contributed by atoms with van der Waals surface area (Å²) in [6.45, 7) is 7.89. The summed E-state index contributed by atoms with van der Waals surface area (Å²) in [5.41, 5.74) is 6.08. The topological polar surface area (TPSA) is 130 Å². The van der Waals surface area contributed by atoms with Crippen molar-refractivity contribution in [3.05, 3.63) is 48.0 Å². The van der Waals surface area contributed by atoms with E-state index in [1.807, 2.05) is 77.2 Å². The van der Waals surface area contributed by atoms with Crippen molar-refractivity contribution in [3.8, 4) is 0 Å². The van der Waals surface area contributed by atoms with E-state index in [-0.39, 0.29) is 6.42 Å². The molecule has 0 spiro atoms. The van der Waals surface area contributed by atoms with Crippen LogP contribution in [0.3, 0.4) is 0 Å². The third-order valence-corrected chi connectivity index (χ3v) is 3.83. The van der Waals surface area contributed by atoms with Crippen LogP contribution in [0.5, 0.6) is 0 Å². The molecule has 0 unspecified atom stereocenters. The van der Waals surface area contributed by atoms with E-state index in [1.165, 1.54) is 6.08 Å². The first-order valence-electron chi connectivity index (χ1n) is 9.66. The summed E-state index contributed by atoms with van der Waals surface area (Å²) in [6.07, 6.45) is 2.05. The minimum atomic E-state index is -1.12. The van der Waals surface area contributed by atoms with E-state index in [1.54, 1.807) is 0 Å². The SMILES string of the molecule is CC(C)C[C@H](N)C(=O)O.C[B]C.O=C=N[C@@H](Cc1cccc2ccccc12)C(=O)O. The first-order chi connectivity index (χ1) is 14.2. The summed E-state index contributed by atoms with van der Waals surface area (Å²) >= 11 is 0. The van der Waals surface area contributed by atoms with Gasteiger partial charge in [0.2, 0.25) is 6.08 Å². The lowest BCUT2D eigenvalue weighted by atomic mass is 9.88. The number of aliphatic carboxylic acids is 2. The molecule has 0 saturated carbocycles. The normalized spacial score (nSPS) is 11.7. The minimum Gasteiger partial charge on any atom is -0.480 e. The number of nitrogens with zero attached hydrogens (tertiary/aromatic N) is 1. The quantitative estimate of drug-likeness (QED) is 0.362. The summed E-state index contributed by atoms with van der Waals surface area (Å²) < 4.78 is 0. The Kier molecular flexibility index (Phi) is 13.5. The monoisotopic (exact) mass is 413 g/mol. The van der Waals surface area contributed by atoms with Gasteiger partial charge in [-0.05, 0) is 28.7 Å². The number of benzene rings is 2. The summed E-state index contributed by atoms with van der Waals surface area (Å²) in [5.74, 6) is -1.67. The maximum Gasteiger partial charge on any atom is 0.329 e. The average Bonchev–Trinajstić information content (AvgIpc) is 2.68. The van der Waals surface area contributed by atoms with Crippen molar-refractivity contribution in [2.24, 2.45) is 16.6 Å². The highest BCUT2D eigenvalue weighted by Gasteiger charge is 2.17. The van der Waals surface area contributed by atoms with Gasteiger partial charge >= 0.3 is 11.9 Å². The number of carboxylic acids is 2. The van der Waals surface area contributed by atoms with Crippen LogP contribution < -0.4 is 5.73 Å². The van der Waals surface area contributed by atoms with E-state index < -0.39 is 24.0 Å². The minimum absolute atomic E-state index is 0.186. The number of aliphatic imine (C=N–C) groups is 1. The molecule has 0 saturated heterocycles. The molecule has 4 N–H and O–H groups in total. The van der Waals surface area contributed by atoms with Crippen molar-refractivity contribution < 1.29 is 24.6 Å². The molecule has 7 nitrogen and oxygen atoms in total. The molecule has 0 aliphatic heterocycles. The molecule has 0 heterocycles. The number of hydrogen-bond donors (Lipinski definition) is 3. The van der Waals surface area contributed by atoms with Crippen molar-refractivity contribution in [1.82, 2.24) is 0 Å². The molecule has 0 bridgehead atoms. The smallest absolute Gasteiger partial charge is 0.329 e. The van der Waals surface area contributed by atoms with Crippen molar-refractivity contribution in [2.75, 3.05) is 0 Å². The number of hydrogen-bond acceptors (Lipinski definition) is 5. The van der Waals surface area contributed by atoms with Crippen LogP contribution in [-0.4, -0.2) is 47.6 Å². The lowest BCUT2D eigenvalue weighted by Crippen LogP contribution is -2.31. The zero-order valence-corrected chi connectivity index (χ0v) is 17.9. The van der Waals surface area contributed by atoms with Crippen LogP contribution in [-0.2, 0) is 20.8 Å². The highest BCUT2D eigenvalue weighted by molar-refractivity contribution is 6.31. The fourth-order valence-corrected chi connectivity index (χ4v) is 2.54. The highest BCUT2D eigenvalue weighted by atomic mass is 16.4. The zero-order valence-electron chi connectivity index (χ0n) is 17.9. The number of isocyanates is 1. The second-order valence-electron chi connectivity index (χ2n) is 7.07. The van der Waals surface area contributed by atoms with E-state index in [0.29, 0.717) is 12.3 Å². The van der Waals surface area contributed by atoms with Gasteiger partial charge in [0.1, 0.15) is 13.3 Å². The van der Waals surface area contributed by atoms with E-state index in [4.69, 9.17) is 15.9 Å². The third-order valence-electron chi connectivity index (χ3n) is 3.83. The van der Waals surface area contributed by atoms with Gasteiger partial charge in [0.15, 0.2) is 6.04 Å². The standard InChI is InChI=1S/C14H11NO3.C6H13NO2.C2H6B/c16-9-15-13(14(17)18)8-11-6-3-5-10-4-1-2-7-12(10)11;1-4(2)3-5(7)6(8)9;1-3-2/h1-7,13H,8H2,(H,17,18);4-5H,3,7H2,1-2H3,(H,8,9);1-2H3/t13-;5-;/m00./s1.